The maximum Gasteiger partial charge on any atom is 0.320 e. The first-order valence-corrected chi connectivity index (χ1v) is 6.75. The zero-order valence-electron chi connectivity index (χ0n) is 11.8. The normalized spacial score (nSPS) is 14.1. The smallest absolute Gasteiger partial charge is 0.320 e. The van der Waals surface area contributed by atoms with Crippen LogP contribution in [0.5, 0.6) is 0 Å². The number of furan rings is 1. The largest absolute Gasteiger partial charge is 0.481 e. The summed E-state index contributed by atoms with van der Waals surface area (Å²) >= 11 is 0. The summed E-state index contributed by atoms with van der Waals surface area (Å²) in [4.78, 5) is 26.4. The molecular formula is C14H20N2O4. The number of aryl methyl sites for hydroxylation is 1. The molecule has 2 amide bonds. The van der Waals surface area contributed by atoms with Gasteiger partial charge in [-0.3, -0.25) is 4.79 Å². The van der Waals surface area contributed by atoms with Crippen LogP contribution in [0.15, 0.2) is 16.7 Å². The summed E-state index contributed by atoms with van der Waals surface area (Å²) in [5, 5.41) is 8.76. The van der Waals surface area contributed by atoms with E-state index in [1.54, 1.807) is 23.1 Å². The molecule has 0 aliphatic heterocycles. The van der Waals surface area contributed by atoms with E-state index in [2.05, 4.69) is 0 Å². The minimum Gasteiger partial charge on any atom is -0.481 e. The van der Waals surface area contributed by atoms with Gasteiger partial charge in [0, 0.05) is 25.2 Å². The third-order valence-corrected chi connectivity index (χ3v) is 3.50. The Kier molecular flexibility index (Phi) is 4.32. The SMILES string of the molecule is Cc1occc1CN(C)C(=O)N(CCC(=O)O)C1CC1. The maximum absolute atomic E-state index is 12.4. The van der Waals surface area contributed by atoms with Crippen LogP contribution in [0.4, 0.5) is 4.79 Å². The Bertz CT molecular complexity index is 493. The molecule has 0 aromatic carbocycles. The predicted molar refractivity (Wildman–Crippen MR) is 72.3 cm³/mol. The molecule has 0 radical (unpaired) electrons. The fourth-order valence-electron chi connectivity index (χ4n) is 2.15. The van der Waals surface area contributed by atoms with Crippen molar-refractivity contribution in [3.05, 3.63) is 23.7 Å². The first-order valence-electron chi connectivity index (χ1n) is 6.75. The number of urea groups is 1. The summed E-state index contributed by atoms with van der Waals surface area (Å²) in [5.41, 5.74) is 0.967. The Morgan fingerprint density at radius 2 is 2.15 bits per heavy atom. The topological polar surface area (TPSA) is 74.0 Å². The van der Waals surface area contributed by atoms with E-state index in [1.165, 1.54) is 0 Å². The molecule has 1 aromatic rings. The van der Waals surface area contributed by atoms with Gasteiger partial charge in [-0.15, -0.1) is 0 Å². The van der Waals surface area contributed by atoms with Crippen LogP contribution in [0.3, 0.4) is 0 Å². The molecule has 0 saturated heterocycles. The molecule has 6 heteroatoms. The van der Waals surface area contributed by atoms with Gasteiger partial charge in [0.05, 0.1) is 19.2 Å². The number of aliphatic carboxylic acids is 1. The van der Waals surface area contributed by atoms with Gasteiger partial charge < -0.3 is 19.3 Å². The van der Waals surface area contributed by atoms with Gasteiger partial charge in [-0.25, -0.2) is 4.79 Å². The third kappa shape index (κ3) is 3.53. The van der Waals surface area contributed by atoms with E-state index in [1.807, 2.05) is 13.0 Å². The molecule has 0 unspecified atom stereocenters. The monoisotopic (exact) mass is 280 g/mol. The lowest BCUT2D eigenvalue weighted by molar-refractivity contribution is -0.137. The highest BCUT2D eigenvalue weighted by Crippen LogP contribution is 2.28. The Hall–Kier alpha value is -1.98. The highest BCUT2D eigenvalue weighted by Gasteiger charge is 2.34. The zero-order valence-corrected chi connectivity index (χ0v) is 11.8. The quantitative estimate of drug-likeness (QED) is 0.865. The molecule has 1 aliphatic rings. The van der Waals surface area contributed by atoms with Gasteiger partial charge in [-0.1, -0.05) is 0 Å². The lowest BCUT2D eigenvalue weighted by atomic mass is 10.2. The van der Waals surface area contributed by atoms with Gasteiger partial charge in [0.25, 0.3) is 0 Å². The van der Waals surface area contributed by atoms with E-state index in [4.69, 9.17) is 9.52 Å². The van der Waals surface area contributed by atoms with E-state index in [-0.39, 0.29) is 25.0 Å². The summed E-state index contributed by atoms with van der Waals surface area (Å²) in [6.45, 7) is 2.60. The fourth-order valence-corrected chi connectivity index (χ4v) is 2.15. The molecule has 0 bridgehead atoms. The number of carboxylic acid groups (broad SMARTS) is 1. The maximum atomic E-state index is 12.4. The van der Waals surface area contributed by atoms with Crippen LogP contribution in [-0.2, 0) is 11.3 Å². The molecule has 110 valence electrons. The van der Waals surface area contributed by atoms with Crippen LogP contribution >= 0.6 is 0 Å². The van der Waals surface area contributed by atoms with Crippen molar-refractivity contribution in [3.8, 4) is 0 Å². The summed E-state index contributed by atoms with van der Waals surface area (Å²) in [6, 6.07) is 1.93. The number of amides is 2. The van der Waals surface area contributed by atoms with E-state index < -0.39 is 5.97 Å². The van der Waals surface area contributed by atoms with Crippen molar-refractivity contribution < 1.29 is 19.1 Å². The van der Waals surface area contributed by atoms with Crippen LogP contribution in [0, 0.1) is 6.92 Å². The molecule has 1 N–H and O–H groups in total. The lowest BCUT2D eigenvalue weighted by Crippen LogP contribution is -2.43. The van der Waals surface area contributed by atoms with Crippen LogP contribution < -0.4 is 0 Å². The van der Waals surface area contributed by atoms with E-state index in [0.717, 1.165) is 24.2 Å². The summed E-state index contributed by atoms with van der Waals surface area (Å²) < 4.78 is 5.22. The predicted octanol–water partition coefficient (Wildman–Crippen LogP) is 2.08. The highest BCUT2D eigenvalue weighted by atomic mass is 16.4. The van der Waals surface area contributed by atoms with Crippen molar-refractivity contribution >= 4 is 12.0 Å². The van der Waals surface area contributed by atoms with Crippen molar-refractivity contribution in [1.29, 1.82) is 0 Å². The summed E-state index contributed by atoms with van der Waals surface area (Å²) in [5.74, 6) is -0.0788. The van der Waals surface area contributed by atoms with E-state index >= 15 is 0 Å². The van der Waals surface area contributed by atoms with Crippen LogP contribution in [0.25, 0.3) is 0 Å². The first-order chi connectivity index (χ1) is 9.49. The molecule has 2 rings (SSSR count). The van der Waals surface area contributed by atoms with Gasteiger partial charge in [0.2, 0.25) is 0 Å². The van der Waals surface area contributed by atoms with Gasteiger partial charge in [0.1, 0.15) is 5.76 Å². The average molecular weight is 280 g/mol. The summed E-state index contributed by atoms with van der Waals surface area (Å²) in [6.07, 6.45) is 3.51. The third-order valence-electron chi connectivity index (χ3n) is 3.50. The highest BCUT2D eigenvalue weighted by molar-refractivity contribution is 5.76. The van der Waals surface area contributed by atoms with E-state index in [9.17, 15) is 9.59 Å². The molecule has 1 heterocycles. The molecule has 1 saturated carbocycles. The second kappa shape index (κ2) is 5.98. The van der Waals surface area contributed by atoms with Crippen LogP contribution in [0.1, 0.15) is 30.6 Å². The molecular weight excluding hydrogens is 260 g/mol. The molecule has 6 nitrogen and oxygen atoms in total. The zero-order chi connectivity index (χ0) is 14.7. The number of rotatable bonds is 6. The number of hydrogen-bond donors (Lipinski definition) is 1. The Labute approximate surface area is 118 Å². The van der Waals surface area contributed by atoms with Gasteiger partial charge in [-0.05, 0) is 25.8 Å². The molecule has 1 aliphatic carbocycles. The van der Waals surface area contributed by atoms with Gasteiger partial charge in [0.15, 0.2) is 0 Å². The van der Waals surface area contributed by atoms with Crippen molar-refractivity contribution in [2.24, 2.45) is 0 Å². The summed E-state index contributed by atoms with van der Waals surface area (Å²) in [7, 11) is 1.73. The lowest BCUT2D eigenvalue weighted by Gasteiger charge is -2.27. The Morgan fingerprint density at radius 1 is 1.45 bits per heavy atom. The van der Waals surface area contributed by atoms with Crippen molar-refractivity contribution in [1.82, 2.24) is 9.80 Å². The van der Waals surface area contributed by atoms with Gasteiger partial charge in [-0.2, -0.15) is 0 Å². The van der Waals surface area contributed by atoms with E-state index in [0.29, 0.717) is 6.54 Å². The molecule has 0 atom stereocenters. The number of hydrogen-bond acceptors (Lipinski definition) is 3. The Balaban J connectivity index is 1.96. The molecule has 20 heavy (non-hydrogen) atoms. The average Bonchev–Trinajstić information content (AvgIpc) is 3.14. The van der Waals surface area contributed by atoms with Crippen molar-refractivity contribution in [3.63, 3.8) is 0 Å². The standard InChI is InChI=1S/C14H20N2O4/c1-10-11(6-8-20-10)9-15(2)14(19)16(12-3-4-12)7-5-13(17)18/h6,8,12H,3-5,7,9H2,1-2H3,(H,17,18). The number of nitrogens with zero attached hydrogens (tertiary/aromatic N) is 2. The molecule has 1 fully saturated rings. The number of carbonyl (C=O) groups is 2. The van der Waals surface area contributed by atoms with Crippen molar-refractivity contribution in [2.45, 2.75) is 38.8 Å². The second-order valence-electron chi connectivity index (χ2n) is 5.21. The second-order valence-corrected chi connectivity index (χ2v) is 5.21. The fraction of sp³-hybridized carbons (Fsp3) is 0.571. The van der Waals surface area contributed by atoms with Crippen molar-refractivity contribution in [2.75, 3.05) is 13.6 Å². The number of carbonyl (C=O) groups excluding carboxylic acids is 1. The first kappa shape index (κ1) is 14.4. The number of carboxylic acids is 1. The van der Waals surface area contributed by atoms with Crippen LogP contribution in [0.2, 0.25) is 0 Å². The Morgan fingerprint density at radius 3 is 2.65 bits per heavy atom. The molecule has 0 spiro atoms. The minimum absolute atomic E-state index is 0.0131. The minimum atomic E-state index is -0.878. The van der Waals surface area contributed by atoms with Gasteiger partial charge >= 0.3 is 12.0 Å². The molecule has 1 aromatic heterocycles. The van der Waals surface area contributed by atoms with Crippen LogP contribution in [-0.4, -0.2) is 46.5 Å².